The van der Waals surface area contributed by atoms with Crippen LogP contribution in [-0.4, -0.2) is 31.0 Å². The Labute approximate surface area is 115 Å². The van der Waals surface area contributed by atoms with Crippen molar-refractivity contribution in [3.05, 3.63) is 24.4 Å². The number of aryl methyl sites for hydroxylation is 1. The van der Waals surface area contributed by atoms with E-state index < -0.39 is 6.17 Å². The molecule has 1 fully saturated rings. The van der Waals surface area contributed by atoms with Crippen molar-refractivity contribution in [2.24, 2.45) is 7.05 Å². The van der Waals surface area contributed by atoms with Crippen LogP contribution in [-0.2, 0) is 11.8 Å². The first-order valence-electron chi connectivity index (χ1n) is 6.88. The SMILES string of the molecule is C[n+]1ccccc1N1CC[C@H](OC(C)(C)C)[C@H](F)C1. The third-order valence-electron chi connectivity index (χ3n) is 3.34. The summed E-state index contributed by atoms with van der Waals surface area (Å²) in [4.78, 5) is 2.09. The predicted octanol–water partition coefficient (Wildman–Crippen LogP) is 2.24. The second kappa shape index (κ2) is 5.45. The molecular formula is C15H24FN2O+. The van der Waals surface area contributed by atoms with E-state index in [0.717, 1.165) is 18.8 Å². The Morgan fingerprint density at radius 3 is 2.68 bits per heavy atom. The lowest BCUT2D eigenvalue weighted by molar-refractivity contribution is -0.659. The van der Waals surface area contributed by atoms with Crippen molar-refractivity contribution in [2.75, 3.05) is 18.0 Å². The zero-order valence-electron chi connectivity index (χ0n) is 12.3. The number of nitrogens with zero attached hydrogens (tertiary/aromatic N) is 2. The van der Waals surface area contributed by atoms with Gasteiger partial charge in [-0.2, -0.15) is 0 Å². The maximum absolute atomic E-state index is 14.3. The molecule has 106 valence electrons. The summed E-state index contributed by atoms with van der Waals surface area (Å²) in [6, 6.07) is 5.99. The van der Waals surface area contributed by atoms with Crippen molar-refractivity contribution in [3.63, 3.8) is 0 Å². The molecule has 0 bridgehead atoms. The van der Waals surface area contributed by atoms with E-state index in [-0.39, 0.29) is 11.7 Å². The number of hydrogen-bond donors (Lipinski definition) is 0. The highest BCUT2D eigenvalue weighted by Gasteiger charge is 2.36. The van der Waals surface area contributed by atoms with E-state index in [4.69, 9.17) is 4.74 Å². The summed E-state index contributed by atoms with van der Waals surface area (Å²) in [7, 11) is 1.99. The normalized spacial score (nSPS) is 24.6. The topological polar surface area (TPSA) is 16.4 Å². The highest BCUT2D eigenvalue weighted by atomic mass is 19.1. The van der Waals surface area contributed by atoms with Gasteiger partial charge in [-0.05, 0) is 26.8 Å². The number of pyridine rings is 1. The van der Waals surface area contributed by atoms with Gasteiger partial charge in [0.1, 0.15) is 6.54 Å². The molecule has 2 rings (SSSR count). The largest absolute Gasteiger partial charge is 0.369 e. The molecule has 1 aromatic rings. The van der Waals surface area contributed by atoms with Crippen LogP contribution in [0.3, 0.4) is 0 Å². The predicted molar refractivity (Wildman–Crippen MR) is 74.0 cm³/mol. The Hall–Kier alpha value is -1.16. The first-order valence-corrected chi connectivity index (χ1v) is 6.88. The Kier molecular flexibility index (Phi) is 4.09. The summed E-state index contributed by atoms with van der Waals surface area (Å²) in [5.74, 6) is 1.05. The molecule has 0 aliphatic carbocycles. The molecule has 1 aliphatic heterocycles. The van der Waals surface area contributed by atoms with Gasteiger partial charge >= 0.3 is 0 Å². The molecule has 1 aliphatic rings. The van der Waals surface area contributed by atoms with Crippen LogP contribution in [0.15, 0.2) is 24.4 Å². The van der Waals surface area contributed by atoms with Crippen molar-refractivity contribution in [1.82, 2.24) is 0 Å². The Balaban J connectivity index is 2.02. The van der Waals surface area contributed by atoms with Gasteiger partial charge in [0.15, 0.2) is 6.17 Å². The molecule has 0 spiro atoms. The maximum Gasteiger partial charge on any atom is 0.276 e. The standard InChI is InChI=1S/C15H24FN2O/c1-15(2,3)19-13-8-10-18(11-12(13)16)14-7-5-6-9-17(14)4/h5-7,9,12-13H,8,10-11H2,1-4H3/q+1/t12-,13+/m1/s1. The van der Waals surface area contributed by atoms with Gasteiger partial charge in [-0.3, -0.25) is 4.90 Å². The van der Waals surface area contributed by atoms with Gasteiger partial charge < -0.3 is 4.74 Å². The zero-order chi connectivity index (χ0) is 14.0. The average molecular weight is 267 g/mol. The number of rotatable bonds is 2. The minimum atomic E-state index is -0.937. The summed E-state index contributed by atoms with van der Waals surface area (Å²) in [5, 5.41) is 0. The lowest BCUT2D eigenvalue weighted by Crippen LogP contribution is -2.51. The maximum atomic E-state index is 14.3. The fourth-order valence-electron chi connectivity index (χ4n) is 2.52. The second-order valence-electron chi connectivity index (χ2n) is 6.19. The van der Waals surface area contributed by atoms with Crippen LogP contribution in [0.5, 0.6) is 0 Å². The highest BCUT2D eigenvalue weighted by Crippen LogP contribution is 2.24. The number of alkyl halides is 1. The van der Waals surface area contributed by atoms with Crippen LogP contribution in [0.2, 0.25) is 0 Å². The molecule has 1 saturated heterocycles. The van der Waals surface area contributed by atoms with Gasteiger partial charge in [0.05, 0.1) is 31.5 Å². The van der Waals surface area contributed by atoms with Gasteiger partial charge in [-0.1, -0.05) is 6.07 Å². The Bertz CT molecular complexity index is 430. The van der Waals surface area contributed by atoms with Gasteiger partial charge in [-0.25, -0.2) is 8.96 Å². The summed E-state index contributed by atoms with van der Waals surface area (Å²) < 4.78 is 22.1. The molecule has 0 unspecified atom stereocenters. The van der Waals surface area contributed by atoms with E-state index in [1.807, 2.05) is 56.8 Å². The second-order valence-corrected chi connectivity index (χ2v) is 6.19. The third-order valence-corrected chi connectivity index (χ3v) is 3.34. The first-order chi connectivity index (χ1) is 8.87. The highest BCUT2D eigenvalue weighted by molar-refractivity contribution is 5.33. The Morgan fingerprint density at radius 2 is 2.11 bits per heavy atom. The zero-order valence-corrected chi connectivity index (χ0v) is 12.3. The van der Waals surface area contributed by atoms with E-state index in [2.05, 4.69) is 4.90 Å². The van der Waals surface area contributed by atoms with Crippen LogP contribution in [0.4, 0.5) is 10.2 Å². The van der Waals surface area contributed by atoms with Crippen molar-refractivity contribution in [1.29, 1.82) is 0 Å². The first kappa shape index (κ1) is 14.3. The molecule has 0 amide bonds. The molecule has 0 saturated carbocycles. The average Bonchev–Trinajstić information content (AvgIpc) is 2.31. The fraction of sp³-hybridized carbons (Fsp3) is 0.667. The smallest absolute Gasteiger partial charge is 0.276 e. The number of aromatic nitrogens is 1. The molecular weight excluding hydrogens is 243 g/mol. The molecule has 3 nitrogen and oxygen atoms in total. The summed E-state index contributed by atoms with van der Waals surface area (Å²) in [6.45, 7) is 7.16. The van der Waals surface area contributed by atoms with Gasteiger partial charge in [-0.15, -0.1) is 0 Å². The van der Waals surface area contributed by atoms with Crippen LogP contribution in [0, 0.1) is 0 Å². The van der Waals surface area contributed by atoms with Crippen molar-refractivity contribution < 1.29 is 13.7 Å². The molecule has 1 aromatic heterocycles. The van der Waals surface area contributed by atoms with Crippen LogP contribution in [0.1, 0.15) is 27.2 Å². The van der Waals surface area contributed by atoms with Crippen molar-refractivity contribution >= 4 is 5.82 Å². The van der Waals surface area contributed by atoms with E-state index in [9.17, 15) is 4.39 Å². The molecule has 0 aromatic carbocycles. The molecule has 2 atom stereocenters. The summed E-state index contributed by atoms with van der Waals surface area (Å²) >= 11 is 0. The third kappa shape index (κ3) is 3.66. The number of piperidine rings is 1. The lowest BCUT2D eigenvalue weighted by atomic mass is 10.0. The Morgan fingerprint density at radius 1 is 1.37 bits per heavy atom. The molecule has 0 radical (unpaired) electrons. The lowest BCUT2D eigenvalue weighted by Gasteiger charge is -2.35. The number of ether oxygens (including phenoxy) is 1. The van der Waals surface area contributed by atoms with Crippen molar-refractivity contribution in [3.8, 4) is 0 Å². The van der Waals surface area contributed by atoms with E-state index >= 15 is 0 Å². The fourth-order valence-corrected chi connectivity index (χ4v) is 2.52. The van der Waals surface area contributed by atoms with Crippen LogP contribution >= 0.6 is 0 Å². The summed E-state index contributed by atoms with van der Waals surface area (Å²) in [5.41, 5.74) is -0.283. The minimum Gasteiger partial charge on any atom is -0.369 e. The minimum absolute atomic E-state index is 0.283. The van der Waals surface area contributed by atoms with Gasteiger partial charge in [0.2, 0.25) is 0 Å². The quantitative estimate of drug-likeness (QED) is 0.764. The molecule has 4 heteroatoms. The van der Waals surface area contributed by atoms with Crippen LogP contribution < -0.4 is 9.47 Å². The van der Waals surface area contributed by atoms with E-state index in [0.29, 0.717) is 6.54 Å². The molecule has 0 N–H and O–H groups in total. The van der Waals surface area contributed by atoms with Gasteiger partial charge in [0.25, 0.3) is 5.82 Å². The monoisotopic (exact) mass is 267 g/mol. The summed E-state index contributed by atoms with van der Waals surface area (Å²) in [6.07, 6.45) is 1.49. The number of halogens is 1. The number of hydrogen-bond acceptors (Lipinski definition) is 2. The molecule has 19 heavy (non-hydrogen) atoms. The van der Waals surface area contributed by atoms with E-state index in [1.54, 1.807) is 0 Å². The van der Waals surface area contributed by atoms with Gasteiger partial charge in [0, 0.05) is 12.5 Å². The number of anilines is 1. The van der Waals surface area contributed by atoms with E-state index in [1.165, 1.54) is 0 Å². The van der Waals surface area contributed by atoms with Crippen molar-refractivity contribution in [2.45, 2.75) is 45.1 Å². The molecule has 2 heterocycles. The van der Waals surface area contributed by atoms with Crippen LogP contribution in [0.25, 0.3) is 0 Å².